The number of aromatic amines is 2. The van der Waals surface area contributed by atoms with E-state index in [0.29, 0.717) is 38.2 Å². The van der Waals surface area contributed by atoms with Crippen molar-refractivity contribution in [3.05, 3.63) is 80.2 Å². The maximum absolute atomic E-state index is 9.71. The molecule has 2 aliphatic heterocycles. The normalized spacial score (nSPS) is 17.6. The van der Waals surface area contributed by atoms with Crippen LogP contribution >= 0.6 is 0 Å². The lowest BCUT2D eigenvalue weighted by Gasteiger charge is -2.32. The van der Waals surface area contributed by atoms with Gasteiger partial charge in [0.1, 0.15) is 23.7 Å². The van der Waals surface area contributed by atoms with E-state index in [1.807, 2.05) is 69.8 Å². The number of hydrogen-bond donors (Lipinski definition) is 3. The zero-order chi connectivity index (χ0) is 51.4. The number of rotatable bonds is 4. The number of nitrogens with one attached hydrogen (secondary N) is 2. The third-order valence-corrected chi connectivity index (χ3v) is 14.1. The van der Waals surface area contributed by atoms with Gasteiger partial charge in [0, 0.05) is 80.8 Å². The largest absolute Gasteiger partial charge is 0.476 e. The third-order valence-electron chi connectivity index (χ3n) is 14.1. The van der Waals surface area contributed by atoms with Crippen molar-refractivity contribution in [3.8, 4) is 34.3 Å². The van der Waals surface area contributed by atoms with Crippen molar-refractivity contribution in [3.63, 3.8) is 0 Å². The molecule has 8 aromatic rings. The van der Waals surface area contributed by atoms with Gasteiger partial charge in [-0.15, -0.1) is 0 Å². The topological polar surface area (TPSA) is 200 Å². The molecule has 0 saturated carbocycles. The number of aromatic nitrogens is 14. The molecule has 0 saturated heterocycles. The first-order chi connectivity index (χ1) is 34.3. The minimum Gasteiger partial charge on any atom is -0.476 e. The highest BCUT2D eigenvalue weighted by Crippen LogP contribution is 2.38. The van der Waals surface area contributed by atoms with Crippen molar-refractivity contribution >= 4 is 46.1 Å². The average Bonchev–Trinajstić information content (AvgIpc) is 4.15. The van der Waals surface area contributed by atoms with Crippen LogP contribution in [0.15, 0.2) is 12.1 Å². The van der Waals surface area contributed by atoms with Crippen LogP contribution in [0.4, 0.5) is 0 Å². The summed E-state index contributed by atoms with van der Waals surface area (Å²) in [5.41, 5.74) is 16.9. The first-order valence-electron chi connectivity index (χ1n) is 25.0. The summed E-state index contributed by atoms with van der Waals surface area (Å²) in [6, 6.07) is 4.93. The Morgan fingerprint density at radius 1 is 0.639 bits per heavy atom. The standard InChI is InChI=1S/C27H36N8O2.C26H34N8O/c1-15(2)34-13-16(3)37-27-25(18(5)31-33(27)7)23-12-21-22(29-30-26(21)19(6)28-23)9-8-20-17(4)32-35(10-11-36)24(20)14-34;1-14(2)34-12-23-19(16(4)30-32(23)7)9-10-21-20-11-22(27-18(6)25(20)29-28-21)24-17(5)31-33(8)26(24)35-13-15(34)3/h8-9,12,15-16,36H,10-11,13-14H2,1-7H3,(H,29,30);9-11,14-15H,12-13H2,1-8H3,(H,28,29)/b9-8+;10-9+. The highest BCUT2D eigenvalue weighted by atomic mass is 16.5. The SMILES string of the molecule is Cc1nn(C)c2c1/C=C/c1[nH]nc3c(C)nc(cc13)-c1c(C)nn(C)c1OCC(C)N(C(C)C)C2.Cc1nn(CCO)c2c1/C=C/c1[nH]nc3c(C)nc(cc13)-c1c(C)nn(C)c1OC(C)CN(C(C)C)C2. The van der Waals surface area contributed by atoms with Crippen LogP contribution in [0.1, 0.15) is 110 Å². The first-order valence-corrected chi connectivity index (χ1v) is 25.0. The van der Waals surface area contributed by atoms with Gasteiger partial charge < -0.3 is 14.6 Å². The van der Waals surface area contributed by atoms with Crippen LogP contribution < -0.4 is 9.47 Å². The van der Waals surface area contributed by atoms with Gasteiger partial charge in [0.2, 0.25) is 11.8 Å². The molecule has 8 aromatic heterocycles. The van der Waals surface area contributed by atoms with Gasteiger partial charge in [-0.2, -0.15) is 30.6 Å². The summed E-state index contributed by atoms with van der Waals surface area (Å²) in [6.07, 6.45) is 8.31. The number of fused-ring (bicyclic) bond motifs is 8. The molecule has 2 aliphatic rings. The summed E-state index contributed by atoms with van der Waals surface area (Å²) in [4.78, 5) is 14.6. The zero-order valence-corrected chi connectivity index (χ0v) is 44.5. The van der Waals surface area contributed by atoms with Crippen molar-refractivity contribution < 1.29 is 14.6 Å². The molecule has 4 bridgehead atoms. The summed E-state index contributed by atoms with van der Waals surface area (Å²) in [5.74, 6) is 1.44. The third kappa shape index (κ3) is 9.36. The number of H-pyrrole nitrogens is 2. The Morgan fingerprint density at radius 3 is 1.72 bits per heavy atom. The highest BCUT2D eigenvalue weighted by Gasteiger charge is 2.28. The van der Waals surface area contributed by atoms with Crippen molar-refractivity contribution in [2.24, 2.45) is 21.1 Å². The van der Waals surface area contributed by atoms with E-state index in [4.69, 9.17) is 29.6 Å². The second kappa shape index (κ2) is 19.9. The van der Waals surface area contributed by atoms with Crippen LogP contribution in [0.2, 0.25) is 0 Å². The van der Waals surface area contributed by atoms with E-state index in [0.717, 1.165) is 119 Å². The molecule has 10 rings (SSSR count). The maximum Gasteiger partial charge on any atom is 0.221 e. The molecule has 19 heteroatoms. The molecule has 2 unspecified atom stereocenters. The van der Waals surface area contributed by atoms with E-state index in [1.54, 1.807) is 4.68 Å². The van der Waals surface area contributed by atoms with Crippen LogP contribution in [0.5, 0.6) is 11.8 Å². The van der Waals surface area contributed by atoms with Crippen molar-refractivity contribution in [1.82, 2.24) is 79.3 Å². The molecule has 72 heavy (non-hydrogen) atoms. The van der Waals surface area contributed by atoms with Crippen LogP contribution in [0.25, 0.3) is 68.6 Å². The quantitative estimate of drug-likeness (QED) is 0.154. The number of aliphatic hydroxyl groups is 1. The van der Waals surface area contributed by atoms with E-state index in [-0.39, 0.29) is 24.8 Å². The summed E-state index contributed by atoms with van der Waals surface area (Å²) in [6.45, 7) is 28.3. The predicted molar refractivity (Wildman–Crippen MR) is 282 cm³/mol. The monoisotopic (exact) mass is 979 g/mol. The lowest BCUT2D eigenvalue weighted by Crippen LogP contribution is -2.42. The molecule has 3 N–H and O–H groups in total. The Balaban J connectivity index is 0.000000178. The molecule has 0 amide bonds. The summed E-state index contributed by atoms with van der Waals surface area (Å²) in [7, 11) is 5.85. The van der Waals surface area contributed by atoms with Gasteiger partial charge in [-0.25, -0.2) is 9.36 Å². The Morgan fingerprint density at radius 2 is 1.17 bits per heavy atom. The molecule has 0 radical (unpaired) electrons. The number of hydrogen-bond acceptors (Lipinski definition) is 13. The van der Waals surface area contributed by atoms with Gasteiger partial charge in [0.25, 0.3) is 0 Å². The fourth-order valence-electron chi connectivity index (χ4n) is 10.3. The predicted octanol–water partition coefficient (Wildman–Crippen LogP) is 7.81. The van der Waals surface area contributed by atoms with Crippen molar-refractivity contribution in [1.29, 1.82) is 0 Å². The Labute approximate surface area is 420 Å². The second-order valence-corrected chi connectivity index (χ2v) is 20.0. The summed E-state index contributed by atoms with van der Waals surface area (Å²) in [5, 5.41) is 46.1. The van der Waals surface area contributed by atoms with E-state index in [2.05, 4.69) is 125 Å². The number of ether oxygens (including phenoxy) is 2. The van der Waals surface area contributed by atoms with E-state index >= 15 is 0 Å². The van der Waals surface area contributed by atoms with E-state index in [1.165, 1.54) is 5.69 Å². The van der Waals surface area contributed by atoms with Gasteiger partial charge in [-0.05, 0) is 120 Å². The highest BCUT2D eigenvalue weighted by molar-refractivity contribution is 5.95. The molecular formula is C53H70N16O3. The minimum absolute atomic E-state index is 0.0291. The lowest BCUT2D eigenvalue weighted by molar-refractivity contribution is 0.102. The number of aliphatic hydroxyl groups excluding tert-OH is 1. The van der Waals surface area contributed by atoms with Crippen molar-refractivity contribution in [2.45, 2.75) is 127 Å². The molecule has 0 aliphatic carbocycles. The van der Waals surface area contributed by atoms with Crippen LogP contribution in [0, 0.1) is 41.5 Å². The van der Waals surface area contributed by atoms with Gasteiger partial charge >= 0.3 is 0 Å². The van der Waals surface area contributed by atoms with Crippen LogP contribution in [0.3, 0.4) is 0 Å². The van der Waals surface area contributed by atoms with E-state index in [9.17, 15) is 5.11 Å². The molecule has 2 atom stereocenters. The van der Waals surface area contributed by atoms with Crippen LogP contribution in [-0.4, -0.2) is 128 Å². The zero-order valence-electron chi connectivity index (χ0n) is 44.5. The molecule has 19 nitrogen and oxygen atoms in total. The van der Waals surface area contributed by atoms with Gasteiger partial charge in [-0.1, -0.05) is 0 Å². The number of pyridine rings is 2. The maximum atomic E-state index is 9.71. The minimum atomic E-state index is -0.107. The van der Waals surface area contributed by atoms with Crippen LogP contribution in [-0.2, 0) is 40.8 Å². The smallest absolute Gasteiger partial charge is 0.221 e. The van der Waals surface area contributed by atoms with Gasteiger partial charge in [0.15, 0.2) is 0 Å². The van der Waals surface area contributed by atoms with Gasteiger partial charge in [0.05, 0.1) is 92.6 Å². The Kier molecular flexibility index (Phi) is 13.8. The molecule has 0 aromatic carbocycles. The number of aryl methyl sites for hydroxylation is 9. The first kappa shape index (κ1) is 50.0. The summed E-state index contributed by atoms with van der Waals surface area (Å²) < 4.78 is 20.6. The Bertz CT molecular complexity index is 3350. The number of nitrogens with zero attached hydrogens (tertiary/aromatic N) is 14. The molecule has 0 fully saturated rings. The van der Waals surface area contributed by atoms with Gasteiger partial charge in [-0.3, -0.25) is 39.3 Å². The fraction of sp³-hybridized carbons (Fsp3) is 0.472. The lowest BCUT2D eigenvalue weighted by atomic mass is 10.1. The van der Waals surface area contributed by atoms with E-state index < -0.39 is 0 Å². The molecule has 10 heterocycles. The Hall–Kier alpha value is -6.96. The second-order valence-electron chi connectivity index (χ2n) is 20.0. The molecule has 0 spiro atoms. The average molecular weight is 979 g/mol. The summed E-state index contributed by atoms with van der Waals surface area (Å²) >= 11 is 0. The molecular weight excluding hydrogens is 909 g/mol. The fourth-order valence-corrected chi connectivity index (χ4v) is 10.3. The van der Waals surface area contributed by atoms with Crippen molar-refractivity contribution in [2.75, 3.05) is 19.8 Å². The molecule has 380 valence electrons.